The fourth-order valence-corrected chi connectivity index (χ4v) is 3.13. The summed E-state index contributed by atoms with van der Waals surface area (Å²) in [5, 5.41) is 11.9. The maximum absolute atomic E-state index is 12.5. The van der Waals surface area contributed by atoms with Crippen LogP contribution in [0.4, 0.5) is 0 Å². The van der Waals surface area contributed by atoms with E-state index in [1.807, 2.05) is 18.2 Å². The maximum Gasteiger partial charge on any atom is 0.326 e. The van der Waals surface area contributed by atoms with Crippen LogP contribution in [0.25, 0.3) is 0 Å². The highest BCUT2D eigenvalue weighted by molar-refractivity contribution is 5.96. The number of amides is 1. The van der Waals surface area contributed by atoms with Crippen molar-refractivity contribution < 1.29 is 14.7 Å². The number of carboxylic acids is 1. The number of aryl methyl sites for hydroxylation is 2. The van der Waals surface area contributed by atoms with Gasteiger partial charge in [0.05, 0.1) is 0 Å². The Morgan fingerprint density at radius 1 is 1.16 bits per heavy atom. The quantitative estimate of drug-likeness (QED) is 0.771. The minimum atomic E-state index is -1.13. The van der Waals surface area contributed by atoms with E-state index in [9.17, 15) is 19.5 Å². The van der Waals surface area contributed by atoms with Crippen molar-refractivity contribution in [3.8, 4) is 0 Å². The number of hydrogen-bond acceptors (Lipinski definition) is 3. The fraction of sp³-hybridized carbons (Fsp3) is 0.316. The molecule has 1 aromatic carbocycles. The Bertz CT molecular complexity index is 842. The molecule has 1 aromatic heterocycles. The third kappa shape index (κ3) is 3.96. The van der Waals surface area contributed by atoms with Gasteiger partial charge in [-0.05, 0) is 42.9 Å². The Morgan fingerprint density at radius 2 is 1.88 bits per heavy atom. The lowest BCUT2D eigenvalue weighted by molar-refractivity contribution is -0.139. The van der Waals surface area contributed by atoms with E-state index in [2.05, 4.69) is 10.3 Å². The van der Waals surface area contributed by atoms with Crippen LogP contribution in [0.3, 0.4) is 0 Å². The molecule has 0 spiro atoms. The molecule has 0 radical (unpaired) electrons. The first-order valence-electron chi connectivity index (χ1n) is 8.37. The predicted octanol–water partition coefficient (Wildman–Crippen LogP) is 1.68. The Labute approximate surface area is 144 Å². The molecule has 130 valence electrons. The smallest absolute Gasteiger partial charge is 0.326 e. The standard InChI is InChI=1S/C19H20N2O4/c22-17-14(11-13-8-4-5-9-15(13)20-17)18(23)21-16(19(24)25)10-12-6-2-1-3-7-12/h1-3,6-7,11,16H,4-5,8-10H2,(H,20,22)(H,21,23)(H,24,25). The van der Waals surface area contributed by atoms with Crippen molar-refractivity contribution in [1.29, 1.82) is 0 Å². The summed E-state index contributed by atoms with van der Waals surface area (Å²) in [5.41, 5.74) is 2.15. The summed E-state index contributed by atoms with van der Waals surface area (Å²) in [6.45, 7) is 0. The summed E-state index contributed by atoms with van der Waals surface area (Å²) in [6, 6.07) is 9.57. The zero-order valence-corrected chi connectivity index (χ0v) is 13.7. The van der Waals surface area contributed by atoms with Crippen molar-refractivity contribution >= 4 is 11.9 Å². The molecule has 25 heavy (non-hydrogen) atoms. The van der Waals surface area contributed by atoms with E-state index in [4.69, 9.17) is 0 Å². The minimum absolute atomic E-state index is 0.0278. The Kier molecular flexibility index (Phi) is 4.97. The van der Waals surface area contributed by atoms with Gasteiger partial charge >= 0.3 is 5.97 Å². The zero-order valence-electron chi connectivity index (χ0n) is 13.7. The lowest BCUT2D eigenvalue weighted by atomic mass is 9.95. The van der Waals surface area contributed by atoms with Crippen LogP contribution in [0.1, 0.15) is 40.0 Å². The number of carboxylic acid groups (broad SMARTS) is 1. The topological polar surface area (TPSA) is 99.3 Å². The van der Waals surface area contributed by atoms with Crippen LogP contribution in [-0.4, -0.2) is 28.0 Å². The molecule has 1 heterocycles. The van der Waals surface area contributed by atoms with E-state index in [0.717, 1.165) is 42.5 Å². The van der Waals surface area contributed by atoms with Gasteiger partial charge in [-0.25, -0.2) is 4.79 Å². The minimum Gasteiger partial charge on any atom is -0.480 e. The molecule has 3 rings (SSSR count). The second kappa shape index (κ2) is 7.34. The first-order chi connectivity index (χ1) is 12.0. The number of aliphatic carboxylic acids is 1. The summed E-state index contributed by atoms with van der Waals surface area (Å²) in [5.74, 6) is -1.79. The molecule has 1 unspecified atom stereocenters. The van der Waals surface area contributed by atoms with Crippen LogP contribution in [-0.2, 0) is 24.1 Å². The first-order valence-corrected chi connectivity index (χ1v) is 8.37. The zero-order chi connectivity index (χ0) is 17.8. The second-order valence-corrected chi connectivity index (χ2v) is 6.28. The van der Waals surface area contributed by atoms with Crippen molar-refractivity contribution in [2.45, 2.75) is 38.1 Å². The fourth-order valence-electron chi connectivity index (χ4n) is 3.13. The Morgan fingerprint density at radius 3 is 2.60 bits per heavy atom. The number of pyridine rings is 1. The van der Waals surface area contributed by atoms with E-state index >= 15 is 0 Å². The van der Waals surface area contributed by atoms with E-state index in [0.29, 0.717) is 0 Å². The number of carbonyl (C=O) groups is 2. The SMILES string of the molecule is O=C(NC(Cc1ccccc1)C(=O)O)c1cc2c([nH]c1=O)CCCC2. The highest BCUT2D eigenvalue weighted by Gasteiger charge is 2.23. The van der Waals surface area contributed by atoms with Gasteiger partial charge in [-0.1, -0.05) is 30.3 Å². The Hall–Kier alpha value is -2.89. The number of carbonyl (C=O) groups excluding carboxylic acids is 1. The number of aromatic nitrogens is 1. The number of benzene rings is 1. The second-order valence-electron chi connectivity index (χ2n) is 6.28. The largest absolute Gasteiger partial charge is 0.480 e. The van der Waals surface area contributed by atoms with Gasteiger partial charge in [0.15, 0.2) is 0 Å². The number of nitrogens with one attached hydrogen (secondary N) is 2. The highest BCUT2D eigenvalue weighted by Crippen LogP contribution is 2.18. The number of rotatable bonds is 5. The van der Waals surface area contributed by atoms with Gasteiger partial charge in [-0.2, -0.15) is 0 Å². The van der Waals surface area contributed by atoms with Crippen molar-refractivity contribution in [2.75, 3.05) is 0 Å². The summed E-state index contributed by atoms with van der Waals surface area (Å²) >= 11 is 0. The molecule has 2 aromatic rings. The van der Waals surface area contributed by atoms with E-state index in [1.54, 1.807) is 18.2 Å². The first kappa shape index (κ1) is 17.0. The molecule has 0 aliphatic heterocycles. The molecule has 6 nitrogen and oxygen atoms in total. The third-order valence-corrected chi connectivity index (χ3v) is 4.47. The normalized spacial score (nSPS) is 14.4. The lowest BCUT2D eigenvalue weighted by Gasteiger charge is -2.17. The third-order valence-electron chi connectivity index (χ3n) is 4.47. The van der Waals surface area contributed by atoms with E-state index in [-0.39, 0.29) is 12.0 Å². The van der Waals surface area contributed by atoms with Gasteiger partial charge in [0, 0.05) is 12.1 Å². The van der Waals surface area contributed by atoms with E-state index in [1.165, 1.54) is 0 Å². The molecular weight excluding hydrogens is 320 g/mol. The van der Waals surface area contributed by atoms with Gasteiger partial charge < -0.3 is 15.4 Å². The molecule has 0 saturated carbocycles. The molecule has 0 saturated heterocycles. The summed E-state index contributed by atoms with van der Waals surface area (Å²) in [7, 11) is 0. The molecule has 0 fully saturated rings. The van der Waals surface area contributed by atoms with Crippen LogP contribution in [0.15, 0.2) is 41.2 Å². The van der Waals surface area contributed by atoms with E-state index < -0.39 is 23.5 Å². The van der Waals surface area contributed by atoms with Crippen molar-refractivity contribution in [3.63, 3.8) is 0 Å². The van der Waals surface area contributed by atoms with Gasteiger partial charge in [0.1, 0.15) is 11.6 Å². The van der Waals surface area contributed by atoms with Crippen LogP contribution in [0.2, 0.25) is 0 Å². The number of aromatic amines is 1. The number of fused-ring (bicyclic) bond motifs is 1. The average Bonchev–Trinajstić information content (AvgIpc) is 2.61. The van der Waals surface area contributed by atoms with Crippen molar-refractivity contribution in [3.05, 3.63) is 69.1 Å². The molecule has 1 aliphatic rings. The number of hydrogen-bond donors (Lipinski definition) is 3. The highest BCUT2D eigenvalue weighted by atomic mass is 16.4. The van der Waals surface area contributed by atoms with Gasteiger partial charge in [-0.3, -0.25) is 9.59 Å². The summed E-state index contributed by atoms with van der Waals surface area (Å²) < 4.78 is 0. The van der Waals surface area contributed by atoms with Gasteiger partial charge in [-0.15, -0.1) is 0 Å². The molecule has 0 bridgehead atoms. The van der Waals surface area contributed by atoms with Crippen LogP contribution in [0, 0.1) is 0 Å². The molecule has 1 atom stereocenters. The average molecular weight is 340 g/mol. The lowest BCUT2D eigenvalue weighted by Crippen LogP contribution is -2.44. The van der Waals surface area contributed by atoms with Crippen LogP contribution in [0.5, 0.6) is 0 Å². The monoisotopic (exact) mass is 340 g/mol. The molecular formula is C19H20N2O4. The molecule has 6 heteroatoms. The molecule has 1 amide bonds. The van der Waals surface area contributed by atoms with Crippen LogP contribution < -0.4 is 10.9 Å². The van der Waals surface area contributed by atoms with Crippen molar-refractivity contribution in [2.24, 2.45) is 0 Å². The summed E-state index contributed by atoms with van der Waals surface area (Å²) in [6.07, 6.45) is 3.82. The maximum atomic E-state index is 12.5. The Balaban J connectivity index is 1.80. The van der Waals surface area contributed by atoms with Crippen molar-refractivity contribution in [1.82, 2.24) is 10.3 Å². The number of H-pyrrole nitrogens is 1. The van der Waals surface area contributed by atoms with Crippen LogP contribution >= 0.6 is 0 Å². The molecule has 1 aliphatic carbocycles. The summed E-state index contributed by atoms with van der Waals surface area (Å²) in [4.78, 5) is 38.9. The van der Waals surface area contributed by atoms with Gasteiger partial charge in [0.25, 0.3) is 11.5 Å². The molecule has 3 N–H and O–H groups in total. The van der Waals surface area contributed by atoms with Gasteiger partial charge in [0.2, 0.25) is 0 Å². The predicted molar refractivity (Wildman–Crippen MR) is 92.7 cm³/mol.